The third kappa shape index (κ3) is 2.16. The van der Waals surface area contributed by atoms with E-state index >= 15 is 0 Å². The molecule has 1 amide bonds. The molecule has 1 aliphatic heterocycles. The lowest BCUT2D eigenvalue weighted by Crippen LogP contribution is -2.56. The van der Waals surface area contributed by atoms with Gasteiger partial charge in [0.05, 0.1) is 0 Å². The van der Waals surface area contributed by atoms with Crippen molar-refractivity contribution >= 4 is 12.1 Å². The highest BCUT2D eigenvalue weighted by Gasteiger charge is 2.58. The molecule has 2 rings (SSSR count). The van der Waals surface area contributed by atoms with Crippen molar-refractivity contribution in [1.29, 1.82) is 0 Å². The van der Waals surface area contributed by atoms with Gasteiger partial charge >= 0.3 is 12.1 Å². The molecule has 0 bridgehead atoms. The summed E-state index contributed by atoms with van der Waals surface area (Å²) in [6.07, 6.45) is 1.68. The van der Waals surface area contributed by atoms with E-state index in [1.807, 2.05) is 0 Å². The number of amides is 1. The number of hydrogen-bond donors (Lipinski definition) is 1. The minimum absolute atomic E-state index is 0.00806. The van der Waals surface area contributed by atoms with Crippen LogP contribution < -0.4 is 0 Å². The molecule has 2 fully saturated rings. The Morgan fingerprint density at radius 3 is 2.39 bits per heavy atom. The van der Waals surface area contributed by atoms with Crippen LogP contribution in [-0.2, 0) is 14.3 Å². The molecule has 1 N–H and O–H groups in total. The van der Waals surface area contributed by atoms with Gasteiger partial charge in [0, 0.05) is 0 Å². The van der Waals surface area contributed by atoms with Crippen molar-refractivity contribution in [3.8, 4) is 0 Å². The maximum atomic E-state index is 12.0. The first kappa shape index (κ1) is 13.1. The first-order valence-electron chi connectivity index (χ1n) is 6.12. The number of carboxylic acids is 1. The Balaban J connectivity index is 2.13. The molecule has 0 aromatic rings. The lowest BCUT2D eigenvalue weighted by molar-refractivity contribution is -0.150. The van der Waals surface area contributed by atoms with Crippen LogP contribution in [0.5, 0.6) is 0 Å². The molecule has 1 saturated heterocycles. The summed E-state index contributed by atoms with van der Waals surface area (Å²) < 4.78 is 10.8. The van der Waals surface area contributed by atoms with E-state index < -0.39 is 29.3 Å². The van der Waals surface area contributed by atoms with Crippen molar-refractivity contribution < 1.29 is 24.2 Å². The Labute approximate surface area is 106 Å². The van der Waals surface area contributed by atoms with Crippen molar-refractivity contribution in [2.45, 2.75) is 57.3 Å². The van der Waals surface area contributed by atoms with Gasteiger partial charge in [0.2, 0.25) is 0 Å². The molecule has 1 spiro atoms. The Bertz CT molecular complexity index is 369. The molecular weight excluding hydrogens is 238 g/mol. The van der Waals surface area contributed by atoms with Gasteiger partial charge in [0.1, 0.15) is 17.9 Å². The maximum absolute atomic E-state index is 12.0. The number of ether oxygens (including phenoxy) is 2. The average Bonchev–Trinajstić information content (AvgIpc) is 2.53. The van der Waals surface area contributed by atoms with Gasteiger partial charge in [-0.3, -0.25) is 4.90 Å². The van der Waals surface area contributed by atoms with Gasteiger partial charge in [0.15, 0.2) is 6.04 Å². The van der Waals surface area contributed by atoms with Crippen LogP contribution in [0, 0.1) is 0 Å². The summed E-state index contributed by atoms with van der Waals surface area (Å²) in [5.74, 6) is -1.03. The van der Waals surface area contributed by atoms with Crippen LogP contribution in [0.1, 0.15) is 40.0 Å². The van der Waals surface area contributed by atoms with Gasteiger partial charge in [-0.25, -0.2) is 9.59 Å². The van der Waals surface area contributed by atoms with E-state index in [0.29, 0.717) is 12.8 Å². The highest BCUT2D eigenvalue weighted by molar-refractivity contribution is 5.82. The molecule has 18 heavy (non-hydrogen) atoms. The molecule has 6 heteroatoms. The van der Waals surface area contributed by atoms with Crippen LogP contribution in [0.4, 0.5) is 4.79 Å². The van der Waals surface area contributed by atoms with Crippen LogP contribution in [0.15, 0.2) is 0 Å². The molecule has 0 aromatic heterocycles. The zero-order valence-electron chi connectivity index (χ0n) is 10.9. The Morgan fingerprint density at radius 2 is 2.00 bits per heavy atom. The standard InChI is InChI=1S/C12H19NO5/c1-11(2,3)18-10(16)13-7-17-12(5-4-6-12)8(13)9(14)15/h8H,4-7H2,1-3H3,(H,14,15)/t8-/m1/s1. The fraction of sp³-hybridized carbons (Fsp3) is 0.833. The van der Waals surface area contributed by atoms with Crippen molar-refractivity contribution in [3.63, 3.8) is 0 Å². The lowest BCUT2D eigenvalue weighted by Gasteiger charge is -2.40. The predicted octanol–water partition coefficient (Wildman–Crippen LogP) is 1.59. The zero-order valence-corrected chi connectivity index (χ0v) is 10.9. The van der Waals surface area contributed by atoms with Crippen LogP contribution in [0.25, 0.3) is 0 Å². The number of carbonyl (C=O) groups excluding carboxylic acids is 1. The normalized spacial score (nSPS) is 25.9. The quantitative estimate of drug-likeness (QED) is 0.772. The van der Waals surface area contributed by atoms with Gasteiger partial charge < -0.3 is 14.6 Å². The van der Waals surface area contributed by atoms with Crippen LogP contribution in [0.2, 0.25) is 0 Å². The summed E-state index contributed by atoms with van der Waals surface area (Å²) in [4.78, 5) is 24.5. The fourth-order valence-corrected chi connectivity index (χ4v) is 2.42. The van der Waals surface area contributed by atoms with Crippen molar-refractivity contribution in [2.24, 2.45) is 0 Å². The molecule has 102 valence electrons. The lowest BCUT2D eigenvalue weighted by atomic mass is 9.75. The van der Waals surface area contributed by atoms with Gasteiger partial charge in [-0.15, -0.1) is 0 Å². The van der Waals surface area contributed by atoms with Gasteiger partial charge in [-0.1, -0.05) is 0 Å². The molecule has 1 saturated carbocycles. The second-order valence-corrected chi connectivity index (χ2v) is 5.88. The average molecular weight is 257 g/mol. The SMILES string of the molecule is CC(C)(C)OC(=O)N1COC2(CCC2)[C@H]1C(=O)O. The Morgan fingerprint density at radius 1 is 1.39 bits per heavy atom. The molecule has 2 aliphatic rings. The molecule has 1 heterocycles. The van der Waals surface area contributed by atoms with Crippen LogP contribution in [-0.4, -0.2) is 46.0 Å². The highest BCUT2D eigenvalue weighted by Crippen LogP contribution is 2.45. The van der Waals surface area contributed by atoms with E-state index in [1.165, 1.54) is 4.90 Å². The summed E-state index contributed by atoms with van der Waals surface area (Å²) in [5.41, 5.74) is -1.34. The zero-order chi connectivity index (χ0) is 13.6. The minimum atomic E-state index is -1.03. The Hall–Kier alpha value is -1.30. The summed E-state index contributed by atoms with van der Waals surface area (Å²) in [5, 5.41) is 9.30. The van der Waals surface area contributed by atoms with E-state index in [2.05, 4.69) is 0 Å². The van der Waals surface area contributed by atoms with Crippen molar-refractivity contribution in [3.05, 3.63) is 0 Å². The van der Waals surface area contributed by atoms with Crippen molar-refractivity contribution in [2.75, 3.05) is 6.73 Å². The summed E-state index contributed by atoms with van der Waals surface area (Å²) in [6, 6.07) is -0.930. The number of nitrogens with zero attached hydrogens (tertiary/aromatic N) is 1. The summed E-state index contributed by atoms with van der Waals surface area (Å²) in [6.45, 7) is 5.23. The topological polar surface area (TPSA) is 76.1 Å². The first-order chi connectivity index (χ1) is 8.25. The van der Waals surface area contributed by atoms with Gasteiger partial charge in [-0.2, -0.15) is 0 Å². The number of hydrogen-bond acceptors (Lipinski definition) is 4. The van der Waals surface area contributed by atoms with Crippen LogP contribution >= 0.6 is 0 Å². The molecule has 0 radical (unpaired) electrons. The first-order valence-corrected chi connectivity index (χ1v) is 6.12. The van der Waals surface area contributed by atoms with E-state index in [4.69, 9.17) is 9.47 Å². The van der Waals surface area contributed by atoms with Crippen molar-refractivity contribution in [1.82, 2.24) is 4.90 Å². The Kier molecular flexibility index (Phi) is 3.01. The molecule has 1 aliphatic carbocycles. The fourth-order valence-electron chi connectivity index (χ4n) is 2.42. The number of carboxylic acid groups (broad SMARTS) is 1. The van der Waals surface area contributed by atoms with E-state index in [-0.39, 0.29) is 6.73 Å². The summed E-state index contributed by atoms with van der Waals surface area (Å²) in [7, 11) is 0. The molecule has 0 aromatic carbocycles. The third-order valence-electron chi connectivity index (χ3n) is 3.36. The molecule has 0 unspecified atom stereocenters. The molecular formula is C12H19NO5. The monoisotopic (exact) mass is 257 g/mol. The smallest absolute Gasteiger partial charge is 0.412 e. The second-order valence-electron chi connectivity index (χ2n) is 5.88. The predicted molar refractivity (Wildman–Crippen MR) is 62.0 cm³/mol. The van der Waals surface area contributed by atoms with Crippen LogP contribution in [0.3, 0.4) is 0 Å². The van der Waals surface area contributed by atoms with E-state index in [1.54, 1.807) is 20.8 Å². The molecule has 1 atom stereocenters. The van der Waals surface area contributed by atoms with E-state index in [0.717, 1.165) is 6.42 Å². The summed E-state index contributed by atoms with van der Waals surface area (Å²) >= 11 is 0. The molecule has 6 nitrogen and oxygen atoms in total. The van der Waals surface area contributed by atoms with Gasteiger partial charge in [-0.05, 0) is 40.0 Å². The largest absolute Gasteiger partial charge is 0.480 e. The third-order valence-corrected chi connectivity index (χ3v) is 3.36. The number of rotatable bonds is 1. The highest BCUT2D eigenvalue weighted by atomic mass is 16.6. The maximum Gasteiger partial charge on any atom is 0.412 e. The minimum Gasteiger partial charge on any atom is -0.480 e. The number of carbonyl (C=O) groups is 2. The second kappa shape index (κ2) is 4.12. The van der Waals surface area contributed by atoms with E-state index in [9.17, 15) is 14.7 Å². The number of aliphatic carboxylic acids is 1. The van der Waals surface area contributed by atoms with Gasteiger partial charge in [0.25, 0.3) is 0 Å².